The smallest absolute Gasteiger partial charge is 0.286 e. The van der Waals surface area contributed by atoms with Crippen molar-refractivity contribution in [2.45, 2.75) is 19.8 Å². The van der Waals surface area contributed by atoms with Crippen molar-refractivity contribution >= 4 is 20.5 Å². The summed E-state index contributed by atoms with van der Waals surface area (Å²) in [5.74, 6) is -0.108. The molecule has 0 aliphatic rings. The molecule has 0 unspecified atom stereocenters. The molecule has 8 nitrogen and oxygen atoms in total. The molecule has 1 rings (SSSR count). The molecule has 0 saturated heterocycles. The Morgan fingerprint density at radius 2 is 1.37 bits per heavy atom. The molecular weight excluding hydrogens is 298 g/mol. The lowest BCUT2D eigenvalue weighted by Gasteiger charge is -1.90. The highest BCUT2D eigenvalue weighted by atomic mass is 32.3. The summed E-state index contributed by atoms with van der Waals surface area (Å²) >= 11 is 0. The van der Waals surface area contributed by atoms with Crippen molar-refractivity contribution in [3.8, 4) is 0 Å². The maximum absolute atomic E-state index is 9.95. The Kier molecular flexibility index (Phi) is 11.5. The summed E-state index contributed by atoms with van der Waals surface area (Å²) in [5, 5.41) is 0. The molecule has 0 aliphatic heterocycles. The predicted molar refractivity (Wildman–Crippen MR) is 69.7 cm³/mol. The van der Waals surface area contributed by atoms with E-state index in [2.05, 4.69) is 4.98 Å². The van der Waals surface area contributed by atoms with Crippen LogP contribution in [0.2, 0.25) is 0 Å². The number of nitrogens with zero attached hydrogens (tertiary/aromatic N) is 1. The second-order valence-electron chi connectivity index (χ2n) is 3.11. The van der Waals surface area contributed by atoms with Crippen LogP contribution < -0.4 is 0 Å². The first-order chi connectivity index (χ1) is 8.56. The Balaban J connectivity index is 0. The van der Waals surface area contributed by atoms with Crippen LogP contribution in [0.1, 0.15) is 19.8 Å². The SMILES string of the molecule is CCCCS(=O)(=O)O.O=S(=O)(O)O.c1ccncc1. The van der Waals surface area contributed by atoms with E-state index in [9.17, 15) is 8.42 Å². The van der Waals surface area contributed by atoms with E-state index in [1.807, 2.05) is 25.1 Å². The van der Waals surface area contributed by atoms with Gasteiger partial charge in [-0.05, 0) is 18.6 Å². The molecule has 0 aromatic carbocycles. The zero-order chi connectivity index (χ0) is 15.4. The van der Waals surface area contributed by atoms with Crippen molar-refractivity contribution < 1.29 is 30.5 Å². The average Bonchev–Trinajstić information content (AvgIpc) is 2.26. The number of unbranched alkanes of at least 4 members (excludes halogenated alkanes) is 1. The Bertz CT molecular complexity index is 464. The molecule has 0 spiro atoms. The summed E-state index contributed by atoms with van der Waals surface area (Å²) in [6, 6.07) is 5.72. The Labute approximate surface area is 112 Å². The minimum absolute atomic E-state index is 0.108. The third-order valence-corrected chi connectivity index (χ3v) is 2.13. The summed E-state index contributed by atoms with van der Waals surface area (Å²) in [5.41, 5.74) is 0. The third-order valence-electron chi connectivity index (χ3n) is 1.32. The molecular formula is C9H17NO7S2. The van der Waals surface area contributed by atoms with E-state index in [-0.39, 0.29) is 5.75 Å². The molecule has 1 aromatic rings. The first-order valence-electron chi connectivity index (χ1n) is 5.06. The van der Waals surface area contributed by atoms with E-state index in [4.69, 9.17) is 22.1 Å². The molecule has 112 valence electrons. The van der Waals surface area contributed by atoms with Gasteiger partial charge in [-0.15, -0.1) is 0 Å². The second kappa shape index (κ2) is 10.8. The van der Waals surface area contributed by atoms with Crippen LogP contribution in [0.4, 0.5) is 0 Å². The predicted octanol–water partition coefficient (Wildman–Crippen LogP) is 1.10. The maximum atomic E-state index is 9.95. The van der Waals surface area contributed by atoms with Crippen molar-refractivity contribution in [2.75, 3.05) is 5.75 Å². The highest BCUT2D eigenvalue weighted by Gasteiger charge is 2.00. The van der Waals surface area contributed by atoms with E-state index in [0.29, 0.717) is 6.42 Å². The van der Waals surface area contributed by atoms with Gasteiger partial charge in [0.1, 0.15) is 0 Å². The van der Waals surface area contributed by atoms with Gasteiger partial charge in [-0.2, -0.15) is 16.8 Å². The molecule has 3 N–H and O–H groups in total. The number of pyridine rings is 1. The van der Waals surface area contributed by atoms with Crippen LogP contribution in [0, 0.1) is 0 Å². The Morgan fingerprint density at radius 3 is 1.47 bits per heavy atom. The topological polar surface area (TPSA) is 142 Å². The van der Waals surface area contributed by atoms with E-state index in [1.165, 1.54) is 0 Å². The van der Waals surface area contributed by atoms with Crippen LogP contribution >= 0.6 is 0 Å². The molecule has 0 fully saturated rings. The monoisotopic (exact) mass is 315 g/mol. The minimum Gasteiger partial charge on any atom is -0.286 e. The van der Waals surface area contributed by atoms with E-state index in [1.54, 1.807) is 12.4 Å². The first kappa shape index (κ1) is 20.3. The molecule has 0 atom stereocenters. The molecule has 10 heteroatoms. The molecule has 0 aliphatic carbocycles. The molecule has 0 saturated carbocycles. The second-order valence-corrected chi connectivity index (χ2v) is 5.58. The van der Waals surface area contributed by atoms with Gasteiger partial charge in [0.15, 0.2) is 0 Å². The standard InChI is InChI=1S/C5H5N.C4H10O3S.H2O4S/c1-2-4-6-5-3-1;1-2-3-4-8(5,6)7;1-5(2,3)4/h1-5H;2-4H2,1H3,(H,5,6,7);(H2,1,2,3,4). The average molecular weight is 315 g/mol. The fourth-order valence-electron chi connectivity index (χ4n) is 0.639. The van der Waals surface area contributed by atoms with Gasteiger partial charge >= 0.3 is 10.4 Å². The quantitative estimate of drug-likeness (QED) is 0.704. The van der Waals surface area contributed by atoms with Gasteiger partial charge < -0.3 is 0 Å². The number of aromatic nitrogens is 1. The van der Waals surface area contributed by atoms with E-state index >= 15 is 0 Å². The van der Waals surface area contributed by atoms with Gasteiger partial charge in [-0.3, -0.25) is 18.6 Å². The molecule has 1 heterocycles. The Morgan fingerprint density at radius 1 is 0.947 bits per heavy atom. The lowest BCUT2D eigenvalue weighted by Crippen LogP contribution is -2.02. The van der Waals surface area contributed by atoms with Crippen LogP contribution in [0.15, 0.2) is 30.6 Å². The highest BCUT2D eigenvalue weighted by molar-refractivity contribution is 7.85. The van der Waals surface area contributed by atoms with Crippen LogP contribution in [0.25, 0.3) is 0 Å². The number of rotatable bonds is 3. The van der Waals surface area contributed by atoms with Gasteiger partial charge in [0.05, 0.1) is 5.75 Å². The zero-order valence-corrected chi connectivity index (χ0v) is 11.9. The van der Waals surface area contributed by atoms with Gasteiger partial charge in [0, 0.05) is 12.4 Å². The first-order valence-corrected chi connectivity index (χ1v) is 8.07. The normalized spacial score (nSPS) is 10.5. The lowest BCUT2D eigenvalue weighted by molar-refractivity contribution is 0.381. The summed E-state index contributed by atoms with van der Waals surface area (Å²) < 4.78 is 59.6. The van der Waals surface area contributed by atoms with Gasteiger partial charge in [0.2, 0.25) is 0 Å². The van der Waals surface area contributed by atoms with Crippen molar-refractivity contribution in [1.82, 2.24) is 4.98 Å². The zero-order valence-electron chi connectivity index (χ0n) is 10.2. The van der Waals surface area contributed by atoms with E-state index < -0.39 is 20.5 Å². The summed E-state index contributed by atoms with van der Waals surface area (Å²) in [6.45, 7) is 1.87. The fraction of sp³-hybridized carbons (Fsp3) is 0.444. The highest BCUT2D eigenvalue weighted by Crippen LogP contribution is 1.90. The summed E-state index contributed by atoms with van der Waals surface area (Å²) in [7, 11) is -8.35. The molecule has 1 aromatic heterocycles. The lowest BCUT2D eigenvalue weighted by atomic mass is 10.4. The fourth-order valence-corrected chi connectivity index (χ4v) is 1.29. The number of hydrogen-bond acceptors (Lipinski definition) is 5. The van der Waals surface area contributed by atoms with Gasteiger partial charge in [0.25, 0.3) is 10.1 Å². The maximum Gasteiger partial charge on any atom is 0.394 e. The van der Waals surface area contributed by atoms with Crippen LogP contribution in [-0.4, -0.2) is 41.2 Å². The molecule has 19 heavy (non-hydrogen) atoms. The van der Waals surface area contributed by atoms with Gasteiger partial charge in [-0.1, -0.05) is 19.4 Å². The van der Waals surface area contributed by atoms with Crippen molar-refractivity contribution in [3.05, 3.63) is 30.6 Å². The van der Waals surface area contributed by atoms with Gasteiger partial charge in [-0.25, -0.2) is 0 Å². The van der Waals surface area contributed by atoms with E-state index in [0.717, 1.165) is 6.42 Å². The number of hydrogen-bond donors (Lipinski definition) is 3. The third kappa shape index (κ3) is 38.3. The summed E-state index contributed by atoms with van der Waals surface area (Å²) in [4.78, 5) is 3.78. The van der Waals surface area contributed by atoms with Crippen molar-refractivity contribution in [1.29, 1.82) is 0 Å². The molecule has 0 amide bonds. The largest absolute Gasteiger partial charge is 0.394 e. The van der Waals surface area contributed by atoms with Crippen LogP contribution in [-0.2, 0) is 20.5 Å². The molecule has 0 radical (unpaired) electrons. The van der Waals surface area contributed by atoms with Crippen LogP contribution in [0.3, 0.4) is 0 Å². The van der Waals surface area contributed by atoms with Crippen molar-refractivity contribution in [2.24, 2.45) is 0 Å². The molecule has 0 bridgehead atoms. The minimum atomic E-state index is -4.67. The van der Waals surface area contributed by atoms with Crippen LogP contribution in [0.5, 0.6) is 0 Å². The summed E-state index contributed by atoms with van der Waals surface area (Å²) in [6.07, 6.45) is 4.83. The Hall–Kier alpha value is -1.07. The van der Waals surface area contributed by atoms with Crippen molar-refractivity contribution in [3.63, 3.8) is 0 Å².